The Morgan fingerprint density at radius 2 is 1.50 bits per heavy atom. The Kier molecular flexibility index (Phi) is 7.63. The molecule has 170 valence electrons. The van der Waals surface area contributed by atoms with Crippen molar-refractivity contribution in [3.05, 3.63) is 70.2 Å². The number of nitrogens with zero attached hydrogens (tertiary/aromatic N) is 2. The van der Waals surface area contributed by atoms with Gasteiger partial charge in [0.15, 0.2) is 0 Å². The van der Waals surface area contributed by atoms with Crippen LogP contribution in [0.2, 0.25) is 0 Å². The molecule has 4 rings (SSSR count). The Morgan fingerprint density at radius 1 is 0.875 bits per heavy atom. The summed E-state index contributed by atoms with van der Waals surface area (Å²) in [6.45, 7) is 3.62. The van der Waals surface area contributed by atoms with E-state index in [1.165, 1.54) is 5.56 Å². The van der Waals surface area contributed by atoms with Gasteiger partial charge in [-0.2, -0.15) is 0 Å². The van der Waals surface area contributed by atoms with Gasteiger partial charge in [-0.3, -0.25) is 9.59 Å². The molecule has 0 aromatic heterocycles. The topological polar surface area (TPSA) is 49.9 Å². The number of amides is 2. The maximum Gasteiger partial charge on any atom is 0.233 e. The van der Waals surface area contributed by atoms with Crippen LogP contribution < -0.4 is 0 Å². The van der Waals surface area contributed by atoms with Crippen molar-refractivity contribution in [1.82, 2.24) is 9.80 Å². The summed E-state index contributed by atoms with van der Waals surface area (Å²) < 4.78 is 6.60. The summed E-state index contributed by atoms with van der Waals surface area (Å²) in [5.41, 5.74) is 1.81. The molecule has 2 aliphatic rings. The van der Waals surface area contributed by atoms with Gasteiger partial charge in [0.1, 0.15) is 0 Å². The van der Waals surface area contributed by atoms with E-state index in [9.17, 15) is 9.59 Å². The molecule has 0 radical (unpaired) electrons. The lowest BCUT2D eigenvalue weighted by Crippen LogP contribution is -2.56. The van der Waals surface area contributed by atoms with Crippen LogP contribution in [0.25, 0.3) is 0 Å². The van der Waals surface area contributed by atoms with E-state index in [2.05, 4.69) is 40.2 Å². The van der Waals surface area contributed by atoms with Gasteiger partial charge in [0.05, 0.1) is 5.41 Å². The maximum atomic E-state index is 13.7. The first-order valence-corrected chi connectivity index (χ1v) is 12.3. The van der Waals surface area contributed by atoms with Gasteiger partial charge in [-0.05, 0) is 48.9 Å². The van der Waals surface area contributed by atoms with E-state index < -0.39 is 5.41 Å². The van der Waals surface area contributed by atoms with Gasteiger partial charge in [0.2, 0.25) is 11.8 Å². The molecule has 2 saturated heterocycles. The van der Waals surface area contributed by atoms with E-state index in [0.717, 1.165) is 22.9 Å². The maximum absolute atomic E-state index is 13.7. The molecule has 0 atom stereocenters. The fourth-order valence-corrected chi connectivity index (χ4v) is 5.09. The normalized spacial score (nSPS) is 18.4. The molecule has 0 unspecified atom stereocenters. The number of aryl methyl sites for hydroxylation is 1. The predicted molar refractivity (Wildman–Crippen MR) is 128 cm³/mol. The van der Waals surface area contributed by atoms with E-state index in [4.69, 9.17) is 4.74 Å². The summed E-state index contributed by atoms with van der Waals surface area (Å²) >= 11 is 3.49. The smallest absolute Gasteiger partial charge is 0.233 e. The Bertz CT molecular complexity index is 902. The van der Waals surface area contributed by atoms with Crippen LogP contribution in [0.1, 0.15) is 36.8 Å². The van der Waals surface area contributed by atoms with E-state index in [-0.39, 0.29) is 11.8 Å². The number of rotatable bonds is 6. The standard InChI is InChI=1S/C26H31BrN2O3/c27-23-11-9-22(10-12-23)26(13-19-32-20-14-26)25(31)29-17-15-28(16-18-29)24(30)8-4-7-21-5-2-1-3-6-21/h1-3,5-6,9-12H,4,7-8,13-20H2. The van der Waals surface area contributed by atoms with Crippen molar-refractivity contribution in [3.63, 3.8) is 0 Å². The number of benzene rings is 2. The molecule has 0 aliphatic carbocycles. The van der Waals surface area contributed by atoms with Crippen molar-refractivity contribution >= 4 is 27.7 Å². The Labute approximate surface area is 198 Å². The highest BCUT2D eigenvalue weighted by molar-refractivity contribution is 9.10. The summed E-state index contributed by atoms with van der Waals surface area (Å²) in [7, 11) is 0. The molecule has 5 nitrogen and oxygen atoms in total. The molecule has 32 heavy (non-hydrogen) atoms. The fourth-order valence-electron chi connectivity index (χ4n) is 4.82. The highest BCUT2D eigenvalue weighted by Gasteiger charge is 2.44. The number of halogens is 1. The molecule has 6 heteroatoms. The summed E-state index contributed by atoms with van der Waals surface area (Å²) in [4.78, 5) is 30.3. The third kappa shape index (κ3) is 5.24. The van der Waals surface area contributed by atoms with Crippen molar-refractivity contribution in [1.29, 1.82) is 0 Å². The highest BCUT2D eigenvalue weighted by Crippen LogP contribution is 2.37. The summed E-state index contributed by atoms with van der Waals surface area (Å²) in [6.07, 6.45) is 3.73. The van der Waals surface area contributed by atoms with E-state index >= 15 is 0 Å². The molecule has 2 heterocycles. The third-order valence-corrected chi connectivity index (χ3v) is 7.30. The van der Waals surface area contributed by atoms with Crippen molar-refractivity contribution in [2.45, 2.75) is 37.5 Å². The first kappa shape index (κ1) is 23.0. The van der Waals surface area contributed by atoms with Crippen molar-refractivity contribution in [2.24, 2.45) is 0 Å². The largest absolute Gasteiger partial charge is 0.381 e. The Morgan fingerprint density at radius 3 is 2.16 bits per heavy atom. The van der Waals surface area contributed by atoms with Gasteiger partial charge >= 0.3 is 0 Å². The van der Waals surface area contributed by atoms with Crippen LogP contribution in [0.15, 0.2) is 59.1 Å². The second-order valence-electron chi connectivity index (χ2n) is 8.71. The van der Waals surface area contributed by atoms with Gasteiger partial charge in [-0.25, -0.2) is 0 Å². The van der Waals surface area contributed by atoms with Gasteiger partial charge in [0.25, 0.3) is 0 Å². The average molecular weight is 499 g/mol. The van der Waals surface area contributed by atoms with Crippen molar-refractivity contribution in [3.8, 4) is 0 Å². The quantitative estimate of drug-likeness (QED) is 0.599. The molecule has 2 aliphatic heterocycles. The fraction of sp³-hybridized carbons (Fsp3) is 0.462. The summed E-state index contributed by atoms with van der Waals surface area (Å²) in [6, 6.07) is 18.4. The van der Waals surface area contributed by atoms with Crippen LogP contribution in [0.3, 0.4) is 0 Å². The molecule has 0 spiro atoms. The SMILES string of the molecule is O=C(CCCc1ccccc1)N1CCN(C(=O)C2(c3ccc(Br)cc3)CCOCC2)CC1. The molecule has 2 aromatic carbocycles. The zero-order valence-corrected chi connectivity index (χ0v) is 20.1. The Hall–Kier alpha value is -2.18. The van der Waals surface area contributed by atoms with E-state index in [1.807, 2.05) is 40.1 Å². The van der Waals surface area contributed by atoms with Crippen LogP contribution in [0, 0.1) is 0 Å². The minimum Gasteiger partial charge on any atom is -0.381 e. The minimum atomic E-state index is -0.527. The third-order valence-electron chi connectivity index (χ3n) is 6.77. The first-order valence-electron chi connectivity index (χ1n) is 11.5. The lowest BCUT2D eigenvalue weighted by Gasteiger charge is -2.43. The number of carbonyl (C=O) groups excluding carboxylic acids is 2. The molecule has 0 bridgehead atoms. The summed E-state index contributed by atoms with van der Waals surface area (Å²) in [5, 5.41) is 0. The van der Waals surface area contributed by atoms with Crippen LogP contribution in [-0.2, 0) is 26.2 Å². The zero-order chi connectivity index (χ0) is 22.4. The van der Waals surface area contributed by atoms with Gasteiger partial charge in [-0.1, -0.05) is 58.4 Å². The Balaban J connectivity index is 1.33. The van der Waals surface area contributed by atoms with Gasteiger partial charge in [-0.15, -0.1) is 0 Å². The van der Waals surface area contributed by atoms with Crippen LogP contribution in [0.5, 0.6) is 0 Å². The molecular formula is C26H31BrN2O3. The van der Waals surface area contributed by atoms with Crippen LogP contribution in [0.4, 0.5) is 0 Å². The molecule has 2 aromatic rings. The average Bonchev–Trinajstić information content (AvgIpc) is 2.85. The second kappa shape index (κ2) is 10.6. The molecule has 0 saturated carbocycles. The molecular weight excluding hydrogens is 468 g/mol. The molecule has 2 amide bonds. The van der Waals surface area contributed by atoms with E-state index in [0.29, 0.717) is 58.7 Å². The number of carbonyl (C=O) groups is 2. The minimum absolute atomic E-state index is 0.180. The van der Waals surface area contributed by atoms with Gasteiger partial charge in [0, 0.05) is 50.3 Å². The number of hydrogen-bond donors (Lipinski definition) is 0. The highest BCUT2D eigenvalue weighted by atomic mass is 79.9. The van der Waals surface area contributed by atoms with Crippen LogP contribution in [-0.4, -0.2) is 61.0 Å². The van der Waals surface area contributed by atoms with Crippen molar-refractivity contribution < 1.29 is 14.3 Å². The number of ether oxygens (including phenoxy) is 1. The molecule has 0 N–H and O–H groups in total. The summed E-state index contributed by atoms with van der Waals surface area (Å²) in [5.74, 6) is 0.376. The number of hydrogen-bond acceptors (Lipinski definition) is 3. The molecule has 2 fully saturated rings. The van der Waals surface area contributed by atoms with Gasteiger partial charge < -0.3 is 14.5 Å². The second-order valence-corrected chi connectivity index (χ2v) is 9.63. The monoisotopic (exact) mass is 498 g/mol. The number of piperazine rings is 1. The lowest BCUT2D eigenvalue weighted by molar-refractivity contribution is -0.146. The predicted octanol–water partition coefficient (Wildman–Crippen LogP) is 4.19. The zero-order valence-electron chi connectivity index (χ0n) is 18.5. The van der Waals surface area contributed by atoms with Crippen molar-refractivity contribution in [2.75, 3.05) is 39.4 Å². The first-order chi connectivity index (χ1) is 15.6. The van der Waals surface area contributed by atoms with Crippen LogP contribution >= 0.6 is 15.9 Å². The lowest BCUT2D eigenvalue weighted by atomic mass is 9.73. The van der Waals surface area contributed by atoms with E-state index in [1.54, 1.807) is 0 Å².